The molecule has 0 amide bonds. The normalized spacial score (nSPS) is 8.12. The SMILES string of the molecule is CCc1[c-]occ1.[K+]. The number of hydrogen-bond acceptors (Lipinski definition) is 1. The third kappa shape index (κ3) is 2.46. The summed E-state index contributed by atoms with van der Waals surface area (Å²) < 4.78 is 4.68. The Morgan fingerprint density at radius 3 is 2.75 bits per heavy atom. The molecule has 0 fully saturated rings. The van der Waals surface area contributed by atoms with Crippen LogP contribution in [0.4, 0.5) is 0 Å². The van der Waals surface area contributed by atoms with Gasteiger partial charge in [0.15, 0.2) is 0 Å². The molecule has 38 valence electrons. The molecule has 1 nitrogen and oxygen atoms in total. The zero-order valence-electron chi connectivity index (χ0n) is 5.27. The molecule has 1 aromatic rings. The van der Waals surface area contributed by atoms with Crippen LogP contribution in [0.5, 0.6) is 0 Å². The predicted molar refractivity (Wildman–Crippen MR) is 26.9 cm³/mol. The number of furan rings is 1. The fourth-order valence-electron chi connectivity index (χ4n) is 0.450. The van der Waals surface area contributed by atoms with Crippen LogP contribution >= 0.6 is 0 Å². The molecule has 2 heteroatoms. The van der Waals surface area contributed by atoms with Gasteiger partial charge in [0.1, 0.15) is 0 Å². The zero-order valence-corrected chi connectivity index (χ0v) is 8.39. The average Bonchev–Trinajstić information content (AvgIpc) is 2.14. The molecule has 0 spiro atoms. The summed E-state index contributed by atoms with van der Waals surface area (Å²) in [4.78, 5) is 0. The molecule has 1 aromatic heterocycles. The summed E-state index contributed by atoms with van der Waals surface area (Å²) in [5.41, 5.74) is 1.14. The van der Waals surface area contributed by atoms with Crippen LogP contribution in [0.15, 0.2) is 16.7 Å². The Kier molecular flexibility index (Phi) is 5.31. The summed E-state index contributed by atoms with van der Waals surface area (Å²) in [7, 11) is 0. The number of aryl methyl sites for hydroxylation is 1. The van der Waals surface area contributed by atoms with Gasteiger partial charge in [-0.3, -0.25) is 0 Å². The Bertz CT molecular complexity index is 123. The van der Waals surface area contributed by atoms with Crippen molar-refractivity contribution in [3.63, 3.8) is 0 Å². The molecule has 0 radical (unpaired) electrons. The van der Waals surface area contributed by atoms with Crippen molar-refractivity contribution in [2.45, 2.75) is 13.3 Å². The Labute approximate surface area is 91.9 Å². The van der Waals surface area contributed by atoms with Gasteiger partial charge in [0.25, 0.3) is 0 Å². The Hall–Kier alpha value is 0.916. The van der Waals surface area contributed by atoms with Crippen molar-refractivity contribution >= 4 is 0 Å². The number of hydrogen-bond donors (Lipinski definition) is 0. The third-order valence-corrected chi connectivity index (χ3v) is 0.908. The molecule has 0 atom stereocenters. The Morgan fingerprint density at radius 1 is 1.75 bits per heavy atom. The second kappa shape index (κ2) is 4.76. The van der Waals surface area contributed by atoms with Gasteiger partial charge < -0.3 is 4.42 Å². The average molecular weight is 134 g/mol. The fraction of sp³-hybridized carbons (Fsp3) is 0.333. The van der Waals surface area contributed by atoms with Crippen LogP contribution in [0.3, 0.4) is 0 Å². The maximum absolute atomic E-state index is 4.68. The van der Waals surface area contributed by atoms with E-state index in [1.54, 1.807) is 6.26 Å². The minimum Gasteiger partial charge on any atom is -0.599 e. The summed E-state index contributed by atoms with van der Waals surface area (Å²) in [6.07, 6.45) is 5.36. The zero-order chi connectivity index (χ0) is 5.11. The molecule has 0 aliphatic carbocycles. The molecule has 1 heterocycles. The van der Waals surface area contributed by atoms with E-state index in [0.29, 0.717) is 0 Å². The molecule has 0 aromatic carbocycles. The standard InChI is InChI=1S/C6H7O.K/c1-2-6-3-4-7-5-6;/h3-4H,2H2,1H3;/q-1;+1. The van der Waals surface area contributed by atoms with E-state index in [1.807, 2.05) is 6.07 Å². The van der Waals surface area contributed by atoms with E-state index < -0.39 is 0 Å². The summed E-state index contributed by atoms with van der Waals surface area (Å²) in [6.45, 7) is 2.07. The van der Waals surface area contributed by atoms with E-state index in [2.05, 4.69) is 17.6 Å². The first-order chi connectivity index (χ1) is 3.43. The smallest absolute Gasteiger partial charge is 0.599 e. The van der Waals surface area contributed by atoms with E-state index in [-0.39, 0.29) is 51.4 Å². The molecule has 0 aliphatic rings. The number of rotatable bonds is 1. The van der Waals surface area contributed by atoms with Crippen molar-refractivity contribution < 1.29 is 55.8 Å². The van der Waals surface area contributed by atoms with Gasteiger partial charge >= 0.3 is 51.4 Å². The largest absolute Gasteiger partial charge is 1.00 e. The van der Waals surface area contributed by atoms with Crippen LogP contribution in [-0.2, 0) is 6.42 Å². The van der Waals surface area contributed by atoms with Crippen molar-refractivity contribution in [2.75, 3.05) is 0 Å². The fourth-order valence-corrected chi connectivity index (χ4v) is 0.450. The molecule has 0 N–H and O–H groups in total. The van der Waals surface area contributed by atoms with Crippen molar-refractivity contribution in [3.05, 3.63) is 24.2 Å². The van der Waals surface area contributed by atoms with Crippen LogP contribution in [0.25, 0.3) is 0 Å². The van der Waals surface area contributed by atoms with Gasteiger partial charge in [-0.1, -0.05) is 19.6 Å². The Balaban J connectivity index is 0.000000490. The van der Waals surface area contributed by atoms with Crippen LogP contribution in [0.1, 0.15) is 12.5 Å². The van der Waals surface area contributed by atoms with Crippen molar-refractivity contribution in [2.24, 2.45) is 0 Å². The predicted octanol–water partition coefficient (Wildman–Crippen LogP) is -1.35. The Morgan fingerprint density at radius 2 is 2.50 bits per heavy atom. The minimum absolute atomic E-state index is 0. The molecule has 8 heavy (non-hydrogen) atoms. The van der Waals surface area contributed by atoms with Crippen molar-refractivity contribution in [3.8, 4) is 0 Å². The topological polar surface area (TPSA) is 13.1 Å². The van der Waals surface area contributed by atoms with E-state index in [4.69, 9.17) is 0 Å². The first-order valence-electron chi connectivity index (χ1n) is 2.37. The van der Waals surface area contributed by atoms with Crippen molar-refractivity contribution in [1.29, 1.82) is 0 Å². The summed E-state index contributed by atoms with van der Waals surface area (Å²) in [5.74, 6) is 0. The van der Waals surface area contributed by atoms with Gasteiger partial charge in [0, 0.05) is 0 Å². The second-order valence-electron chi connectivity index (χ2n) is 1.40. The van der Waals surface area contributed by atoms with E-state index in [0.717, 1.165) is 12.0 Å². The van der Waals surface area contributed by atoms with Crippen LogP contribution < -0.4 is 51.4 Å². The van der Waals surface area contributed by atoms with Gasteiger partial charge in [-0.25, -0.2) is 0 Å². The summed E-state index contributed by atoms with van der Waals surface area (Å²) in [5, 5.41) is 0. The second-order valence-corrected chi connectivity index (χ2v) is 1.40. The molecule has 0 saturated heterocycles. The molecule has 0 saturated carbocycles. The van der Waals surface area contributed by atoms with Crippen LogP contribution in [-0.4, -0.2) is 0 Å². The molecule has 0 unspecified atom stereocenters. The van der Waals surface area contributed by atoms with Crippen molar-refractivity contribution in [1.82, 2.24) is 0 Å². The first kappa shape index (κ1) is 8.92. The molecule has 1 rings (SSSR count). The van der Waals surface area contributed by atoms with Gasteiger partial charge in [-0.2, -0.15) is 6.07 Å². The van der Waals surface area contributed by atoms with Gasteiger partial charge in [-0.05, 0) is 6.26 Å². The van der Waals surface area contributed by atoms with Gasteiger partial charge in [-0.15, -0.1) is 5.56 Å². The quantitative estimate of drug-likeness (QED) is 0.342. The summed E-state index contributed by atoms with van der Waals surface area (Å²) in [6, 6.07) is 1.92. The molecular weight excluding hydrogens is 127 g/mol. The molecule has 0 aliphatic heterocycles. The summed E-state index contributed by atoms with van der Waals surface area (Å²) >= 11 is 0. The molecular formula is C6H7KO. The minimum atomic E-state index is 0. The van der Waals surface area contributed by atoms with E-state index in [9.17, 15) is 0 Å². The van der Waals surface area contributed by atoms with E-state index >= 15 is 0 Å². The van der Waals surface area contributed by atoms with Crippen LogP contribution in [0.2, 0.25) is 0 Å². The van der Waals surface area contributed by atoms with Gasteiger partial charge in [0.05, 0.1) is 0 Å². The molecule has 0 bridgehead atoms. The van der Waals surface area contributed by atoms with E-state index in [1.165, 1.54) is 0 Å². The maximum Gasteiger partial charge on any atom is 1.00 e. The monoisotopic (exact) mass is 134 g/mol. The van der Waals surface area contributed by atoms with Gasteiger partial charge in [0.2, 0.25) is 0 Å². The maximum atomic E-state index is 4.68. The first-order valence-corrected chi connectivity index (χ1v) is 2.37. The van der Waals surface area contributed by atoms with Crippen LogP contribution in [0, 0.1) is 6.26 Å². The third-order valence-electron chi connectivity index (χ3n) is 0.908.